The van der Waals surface area contributed by atoms with Crippen LogP contribution >= 0.6 is 0 Å². The number of fused-ring (bicyclic) bond motifs is 2. The molecular formula is C33H39FN4O3. The lowest BCUT2D eigenvalue weighted by Gasteiger charge is -2.35. The van der Waals surface area contributed by atoms with Crippen molar-refractivity contribution in [2.45, 2.75) is 83.1 Å². The molecule has 1 saturated carbocycles. The van der Waals surface area contributed by atoms with Crippen molar-refractivity contribution in [2.75, 3.05) is 13.1 Å². The van der Waals surface area contributed by atoms with Gasteiger partial charge in [0.2, 0.25) is 5.91 Å². The van der Waals surface area contributed by atoms with Crippen LogP contribution in [-0.4, -0.2) is 58.6 Å². The topological polar surface area (TPSA) is 85.7 Å². The van der Waals surface area contributed by atoms with Gasteiger partial charge in [0.25, 0.3) is 0 Å². The highest BCUT2D eigenvalue weighted by Gasteiger charge is 2.52. The van der Waals surface area contributed by atoms with Crippen molar-refractivity contribution >= 4 is 17.6 Å². The van der Waals surface area contributed by atoms with Gasteiger partial charge in [-0.15, -0.1) is 0 Å². The van der Waals surface area contributed by atoms with Crippen LogP contribution < -0.4 is 5.32 Å². The Labute approximate surface area is 242 Å². The van der Waals surface area contributed by atoms with Crippen LogP contribution in [-0.2, 0) is 22.5 Å². The minimum Gasteiger partial charge on any atom is -0.444 e. The zero-order chi connectivity index (χ0) is 29.1. The Kier molecular flexibility index (Phi) is 8.46. The smallest absolute Gasteiger partial charge is 0.411 e. The zero-order valence-electron chi connectivity index (χ0n) is 24.1. The highest BCUT2D eigenvalue weighted by Crippen LogP contribution is 2.43. The summed E-state index contributed by atoms with van der Waals surface area (Å²) in [5.74, 6) is -0.728. The fourth-order valence-corrected chi connectivity index (χ4v) is 6.38. The van der Waals surface area contributed by atoms with E-state index in [1.54, 1.807) is 31.7 Å². The van der Waals surface area contributed by atoms with E-state index in [0.717, 1.165) is 56.5 Å². The van der Waals surface area contributed by atoms with Crippen LogP contribution in [0.1, 0.15) is 63.1 Å². The van der Waals surface area contributed by atoms with Crippen molar-refractivity contribution in [1.29, 1.82) is 5.26 Å². The molecule has 1 saturated heterocycles. The number of halogens is 1. The summed E-state index contributed by atoms with van der Waals surface area (Å²) in [5.41, 5.74) is 2.94. The molecule has 41 heavy (non-hydrogen) atoms. The van der Waals surface area contributed by atoms with Crippen molar-refractivity contribution in [3.63, 3.8) is 0 Å². The Morgan fingerprint density at radius 3 is 2.61 bits per heavy atom. The second kappa shape index (κ2) is 12.0. The third-order valence-electron chi connectivity index (χ3n) is 8.32. The molecule has 2 bridgehead atoms. The van der Waals surface area contributed by atoms with Gasteiger partial charge in [-0.25, -0.2) is 9.18 Å². The fourth-order valence-electron chi connectivity index (χ4n) is 6.38. The molecule has 2 aliphatic heterocycles. The van der Waals surface area contributed by atoms with Gasteiger partial charge < -0.3 is 10.1 Å². The molecule has 4 atom stereocenters. The van der Waals surface area contributed by atoms with Gasteiger partial charge in [0.15, 0.2) is 0 Å². The van der Waals surface area contributed by atoms with Crippen LogP contribution in [0.2, 0.25) is 0 Å². The predicted molar refractivity (Wildman–Crippen MR) is 155 cm³/mol. The predicted octanol–water partition coefficient (Wildman–Crippen LogP) is 5.45. The summed E-state index contributed by atoms with van der Waals surface area (Å²) in [6, 6.07) is 16.0. The van der Waals surface area contributed by atoms with Crippen LogP contribution in [0.15, 0.2) is 54.6 Å². The number of rotatable bonds is 7. The Hall–Kier alpha value is -3.70. The van der Waals surface area contributed by atoms with Gasteiger partial charge in [-0.3, -0.25) is 14.6 Å². The molecule has 3 aliphatic rings. The van der Waals surface area contributed by atoms with Crippen molar-refractivity contribution in [3.05, 3.63) is 77.1 Å². The third kappa shape index (κ3) is 6.79. The zero-order valence-corrected chi connectivity index (χ0v) is 24.1. The molecule has 0 aromatic heterocycles. The van der Waals surface area contributed by atoms with E-state index in [1.165, 1.54) is 11.6 Å². The second-order valence-corrected chi connectivity index (χ2v) is 12.5. The quantitative estimate of drug-likeness (QED) is 0.488. The normalized spacial score (nSPS) is 23.0. The Morgan fingerprint density at radius 2 is 1.95 bits per heavy atom. The first-order valence-corrected chi connectivity index (χ1v) is 14.6. The van der Waals surface area contributed by atoms with Gasteiger partial charge in [0.05, 0.1) is 6.07 Å². The summed E-state index contributed by atoms with van der Waals surface area (Å²) >= 11 is 0. The highest BCUT2D eigenvalue weighted by atomic mass is 19.1. The number of nitrogens with zero attached hydrogens (tertiary/aromatic N) is 3. The average molecular weight is 559 g/mol. The minimum atomic E-state index is -0.914. The van der Waals surface area contributed by atoms with Gasteiger partial charge in [-0.2, -0.15) is 5.26 Å². The maximum Gasteiger partial charge on any atom is 0.411 e. The van der Waals surface area contributed by atoms with E-state index in [2.05, 4.69) is 34.5 Å². The van der Waals surface area contributed by atoms with E-state index in [9.17, 15) is 14.9 Å². The van der Waals surface area contributed by atoms with Crippen molar-refractivity contribution in [2.24, 2.45) is 5.92 Å². The average Bonchev–Trinajstić information content (AvgIpc) is 3.56. The number of benzene rings is 2. The molecule has 0 radical (unpaired) electrons. The lowest BCUT2D eigenvalue weighted by Crippen LogP contribution is -2.55. The first-order valence-electron chi connectivity index (χ1n) is 14.6. The SMILES string of the molecule is CC(C)(C)OC(=O)N1[C@@H]2CC[C@@H](C2)[C@H]1C(=O)N[C@H](C#N)Cc1ccc(C2=CCN(Cc3ccccc3)CC2)cc1F. The lowest BCUT2D eigenvalue weighted by atomic mass is 9.95. The standard InChI is InChI=1S/C33H39FN4O3/c1-33(2,3)41-32(40)38-28-12-11-26(18-28)30(38)31(39)36-27(20-35)17-25-10-9-24(19-29(25)34)23-13-15-37(16-14-23)21-22-7-5-4-6-8-22/h4-10,13,19,26-28,30H,11-12,14-18,21H2,1-3H3,(H,36,39)/t26-,27-,28+,30-/m0/s1. The van der Waals surface area contributed by atoms with E-state index in [0.29, 0.717) is 5.56 Å². The van der Waals surface area contributed by atoms with E-state index in [-0.39, 0.29) is 30.1 Å². The summed E-state index contributed by atoms with van der Waals surface area (Å²) in [6.45, 7) is 7.98. The van der Waals surface area contributed by atoms with Crippen molar-refractivity contribution in [1.82, 2.24) is 15.1 Å². The third-order valence-corrected chi connectivity index (χ3v) is 8.32. The Morgan fingerprint density at radius 1 is 1.17 bits per heavy atom. The number of likely N-dealkylation sites (tertiary alicyclic amines) is 1. The molecule has 216 valence electrons. The Balaban J connectivity index is 1.20. The number of nitrogens with one attached hydrogen (secondary N) is 1. The van der Waals surface area contributed by atoms with E-state index < -0.39 is 23.8 Å². The van der Waals surface area contributed by atoms with E-state index >= 15 is 4.39 Å². The number of nitriles is 1. The maximum absolute atomic E-state index is 15.2. The molecular weight excluding hydrogens is 519 g/mol. The molecule has 5 rings (SSSR count). The molecule has 2 aromatic rings. The second-order valence-electron chi connectivity index (χ2n) is 12.5. The van der Waals surface area contributed by atoms with E-state index in [4.69, 9.17) is 4.74 Å². The van der Waals surface area contributed by atoms with Gasteiger partial charge in [0, 0.05) is 32.1 Å². The van der Waals surface area contributed by atoms with E-state index in [1.807, 2.05) is 24.3 Å². The molecule has 2 amide bonds. The summed E-state index contributed by atoms with van der Waals surface area (Å²) < 4.78 is 20.8. The number of hydrogen-bond acceptors (Lipinski definition) is 5. The van der Waals surface area contributed by atoms with Crippen LogP contribution in [0.4, 0.5) is 9.18 Å². The summed E-state index contributed by atoms with van der Waals surface area (Å²) in [4.78, 5) is 30.2. The molecule has 7 nitrogen and oxygen atoms in total. The molecule has 2 aromatic carbocycles. The minimum absolute atomic E-state index is 0.0318. The van der Waals surface area contributed by atoms with Crippen LogP contribution in [0.3, 0.4) is 0 Å². The molecule has 2 fully saturated rings. The first kappa shape index (κ1) is 28.8. The van der Waals surface area contributed by atoms with Gasteiger partial charge in [-0.05, 0) is 80.7 Å². The van der Waals surface area contributed by atoms with Gasteiger partial charge >= 0.3 is 6.09 Å². The fraction of sp³-hybridized carbons (Fsp3) is 0.485. The van der Waals surface area contributed by atoms with Gasteiger partial charge in [0.1, 0.15) is 23.5 Å². The van der Waals surface area contributed by atoms with Crippen LogP contribution in [0, 0.1) is 23.1 Å². The lowest BCUT2D eigenvalue weighted by molar-refractivity contribution is -0.128. The van der Waals surface area contributed by atoms with Crippen molar-refractivity contribution in [3.8, 4) is 6.07 Å². The van der Waals surface area contributed by atoms with Crippen LogP contribution in [0.5, 0.6) is 0 Å². The summed E-state index contributed by atoms with van der Waals surface area (Å²) in [6.07, 6.45) is 4.99. The number of carbonyl (C=O) groups is 2. The van der Waals surface area contributed by atoms with Crippen LogP contribution in [0.25, 0.3) is 5.57 Å². The molecule has 2 heterocycles. The number of amides is 2. The molecule has 1 N–H and O–H groups in total. The summed E-state index contributed by atoms with van der Waals surface area (Å²) in [5, 5.41) is 12.6. The Bertz CT molecular complexity index is 1350. The molecule has 8 heteroatoms. The maximum atomic E-state index is 15.2. The number of ether oxygens (including phenoxy) is 1. The summed E-state index contributed by atoms with van der Waals surface area (Å²) in [7, 11) is 0. The number of piperidine rings is 1. The molecule has 0 spiro atoms. The van der Waals surface area contributed by atoms with Crippen molar-refractivity contribution < 1.29 is 18.7 Å². The largest absolute Gasteiger partial charge is 0.444 e. The first-order chi connectivity index (χ1) is 19.6. The number of carbonyl (C=O) groups excluding carboxylic acids is 2. The number of hydrogen-bond donors (Lipinski definition) is 1. The molecule has 0 unspecified atom stereocenters. The highest BCUT2D eigenvalue weighted by molar-refractivity contribution is 5.87. The molecule has 1 aliphatic carbocycles. The monoisotopic (exact) mass is 558 g/mol. The van der Waals surface area contributed by atoms with Gasteiger partial charge in [-0.1, -0.05) is 48.5 Å².